The fraction of sp³-hybridized carbons (Fsp3) is 0.623. The molecule has 24 heteroatoms. The first-order valence-corrected chi connectivity index (χ1v) is 28.9. The molecule has 1 spiro atoms. The van der Waals surface area contributed by atoms with Crippen LogP contribution in [0.4, 0.5) is 17.6 Å². The van der Waals surface area contributed by atoms with Crippen molar-refractivity contribution in [1.82, 2.24) is 49.9 Å². The molecule has 5 heterocycles. The molecule has 4 N–H and O–H groups in total. The quantitative estimate of drug-likeness (QED) is 0.0339. The van der Waals surface area contributed by atoms with Gasteiger partial charge in [-0.1, -0.05) is 59.9 Å². The van der Waals surface area contributed by atoms with E-state index in [9.17, 15) is 32.9 Å². The minimum atomic E-state index is -1.13. The summed E-state index contributed by atoms with van der Waals surface area (Å²) in [6, 6.07) is 7.44. The van der Waals surface area contributed by atoms with Gasteiger partial charge in [-0.25, -0.2) is 46.9 Å². The Morgan fingerprint density at radius 1 is 0.623 bits per heavy atom. The molecule has 4 aromatic heterocycles. The first-order valence-electron chi connectivity index (χ1n) is 26.9. The van der Waals surface area contributed by atoms with Gasteiger partial charge in [-0.15, -0.1) is 10.2 Å². The van der Waals surface area contributed by atoms with Crippen LogP contribution in [0.5, 0.6) is 0 Å². The summed E-state index contributed by atoms with van der Waals surface area (Å²) in [4.78, 5) is 19.2. The fourth-order valence-corrected chi connectivity index (χ4v) is 13.2. The largest absolute Gasteiger partial charge is 0.394 e. The Kier molecular flexibility index (Phi) is 16.5. The number of benzene rings is 2. The summed E-state index contributed by atoms with van der Waals surface area (Å²) in [6.07, 6.45) is 6.02. The van der Waals surface area contributed by atoms with Gasteiger partial charge in [-0.3, -0.25) is 0 Å². The number of halogens is 4. The summed E-state index contributed by atoms with van der Waals surface area (Å²) in [6.45, 7) is 4.24. The van der Waals surface area contributed by atoms with Crippen molar-refractivity contribution in [1.29, 1.82) is 0 Å². The summed E-state index contributed by atoms with van der Waals surface area (Å²) in [5, 5.41) is 58.6. The van der Waals surface area contributed by atoms with E-state index in [1.807, 2.05) is 4.68 Å². The lowest BCUT2D eigenvalue weighted by Gasteiger charge is -2.26. The maximum absolute atomic E-state index is 13.9. The second kappa shape index (κ2) is 23.3. The average molecular weight is 1110 g/mol. The van der Waals surface area contributed by atoms with Crippen molar-refractivity contribution in [2.24, 2.45) is 11.8 Å². The lowest BCUT2D eigenvalue weighted by molar-refractivity contribution is -0.190. The van der Waals surface area contributed by atoms with Crippen molar-refractivity contribution in [2.75, 3.05) is 37.9 Å². The van der Waals surface area contributed by atoms with E-state index in [1.165, 1.54) is 34.6 Å². The maximum atomic E-state index is 13.9. The monoisotopic (exact) mass is 1110 g/mol. The topological polar surface area (TPSA) is 231 Å². The molecular weight excluding hydrogens is 1040 g/mol. The zero-order valence-electron chi connectivity index (χ0n) is 42.8. The highest BCUT2D eigenvalue weighted by molar-refractivity contribution is 7.99. The molecular formula is C53H64F4N10O8S2. The van der Waals surface area contributed by atoms with Crippen molar-refractivity contribution in [3.05, 3.63) is 82.2 Å². The zero-order valence-corrected chi connectivity index (χ0v) is 44.5. The van der Waals surface area contributed by atoms with Gasteiger partial charge in [0.25, 0.3) is 0 Å². The Bertz CT molecular complexity index is 3050. The van der Waals surface area contributed by atoms with Crippen LogP contribution >= 0.6 is 23.5 Å². The number of aliphatic hydroxyl groups excluding tert-OH is 4. The lowest BCUT2D eigenvalue weighted by Crippen LogP contribution is -2.33. The fourth-order valence-electron chi connectivity index (χ4n) is 11.8. The van der Waals surface area contributed by atoms with Crippen molar-refractivity contribution < 1.29 is 56.9 Å². The van der Waals surface area contributed by atoms with Gasteiger partial charge in [-0.2, -0.15) is 0 Å². The third-order valence-corrected chi connectivity index (χ3v) is 17.9. The van der Waals surface area contributed by atoms with Crippen LogP contribution in [0.1, 0.15) is 124 Å². The van der Waals surface area contributed by atoms with Gasteiger partial charge in [0.15, 0.2) is 61.7 Å². The number of nitrogens with zero attached hydrogens (tertiary/aromatic N) is 10. The first kappa shape index (κ1) is 54.5. The summed E-state index contributed by atoms with van der Waals surface area (Å²) in [7, 11) is 0. The number of aliphatic hydroxyl groups is 4. The van der Waals surface area contributed by atoms with Gasteiger partial charge in [0.1, 0.15) is 24.4 Å². The normalized spacial score (nSPS) is 29.0. The molecule has 5 saturated carbocycles. The molecule has 6 fully saturated rings. The van der Waals surface area contributed by atoms with Gasteiger partial charge < -0.3 is 39.4 Å². The molecule has 0 bridgehead atoms. The Balaban J connectivity index is 0.000000165. The van der Waals surface area contributed by atoms with E-state index >= 15 is 0 Å². The van der Waals surface area contributed by atoms with Crippen LogP contribution in [0.2, 0.25) is 0 Å². The Hall–Kier alpha value is -4.50. The van der Waals surface area contributed by atoms with E-state index in [0.29, 0.717) is 58.3 Å². The minimum Gasteiger partial charge on any atom is -0.394 e. The third kappa shape index (κ3) is 11.3. The highest BCUT2D eigenvalue weighted by Crippen LogP contribution is 2.53. The Morgan fingerprint density at radius 3 is 1.62 bits per heavy atom. The molecule has 5 aliphatic carbocycles. The van der Waals surface area contributed by atoms with E-state index in [1.54, 1.807) is 23.9 Å². The number of fused-ring (bicyclic) bond motifs is 3. The van der Waals surface area contributed by atoms with Crippen LogP contribution in [-0.4, -0.2) is 151 Å². The molecule has 0 amide bonds. The predicted octanol–water partition coefficient (Wildman–Crippen LogP) is 7.12. The maximum Gasteiger partial charge on any atom is 0.189 e. The van der Waals surface area contributed by atoms with Gasteiger partial charge in [0.2, 0.25) is 0 Å². The van der Waals surface area contributed by atoms with Crippen molar-refractivity contribution in [3.8, 4) is 0 Å². The Morgan fingerprint density at radius 2 is 1.12 bits per heavy atom. The molecule has 6 aliphatic rings. The van der Waals surface area contributed by atoms with Crippen molar-refractivity contribution >= 4 is 45.9 Å². The highest BCUT2D eigenvalue weighted by atomic mass is 32.2. The first-order chi connectivity index (χ1) is 37.4. The molecule has 1 saturated heterocycles. The third-order valence-electron chi connectivity index (χ3n) is 15.8. The molecule has 4 unspecified atom stereocenters. The molecule has 1 aliphatic heterocycles. The van der Waals surface area contributed by atoms with E-state index < -0.39 is 53.4 Å². The van der Waals surface area contributed by atoms with E-state index in [0.717, 1.165) is 91.5 Å². The number of thioether (sulfide) groups is 2. The van der Waals surface area contributed by atoms with Crippen molar-refractivity contribution in [2.45, 2.75) is 168 Å². The van der Waals surface area contributed by atoms with Gasteiger partial charge in [0, 0.05) is 37.2 Å². The molecule has 0 radical (unpaired) electrons. The van der Waals surface area contributed by atoms with Gasteiger partial charge >= 0.3 is 0 Å². The highest BCUT2D eigenvalue weighted by Gasteiger charge is 2.59. The second-order valence-electron chi connectivity index (χ2n) is 21.1. The SMILES string of the molecule is CCCSc1nc(CC2C[C@@H]2c2ccc(F)c(F)c2)c2nnn(C3C[C@H](OCCO)[C@@H](O)[C@H]3O)c2n1.CCCSc1nc(CC2C[C@@H]2c2ccc(F)c(F)c2)c2nnn(C3C[C@H](OCCO)[C@H]4OC5(CCCC5)O[C@@H]34)c2n1. The molecule has 414 valence electrons. The van der Waals surface area contributed by atoms with Crippen LogP contribution in [-0.2, 0) is 31.8 Å². The van der Waals surface area contributed by atoms with Crippen LogP contribution in [0.25, 0.3) is 22.3 Å². The summed E-state index contributed by atoms with van der Waals surface area (Å²) >= 11 is 3.13. The summed E-state index contributed by atoms with van der Waals surface area (Å²) in [5.41, 5.74) is 5.46. The summed E-state index contributed by atoms with van der Waals surface area (Å²) in [5.74, 6) is -1.47. The number of aromatic nitrogens is 10. The molecule has 18 nitrogen and oxygen atoms in total. The van der Waals surface area contributed by atoms with Gasteiger partial charge in [-0.05, 0) is 110 Å². The number of hydrogen-bond donors (Lipinski definition) is 4. The number of hydrogen-bond acceptors (Lipinski definition) is 18. The second-order valence-corrected chi connectivity index (χ2v) is 23.2. The van der Waals surface area contributed by atoms with Gasteiger partial charge in [0.05, 0.1) is 62.1 Å². The molecule has 12 atom stereocenters. The number of ether oxygens (including phenoxy) is 4. The van der Waals surface area contributed by atoms with Crippen LogP contribution < -0.4 is 0 Å². The zero-order chi connectivity index (χ0) is 53.5. The molecule has 6 aromatic rings. The summed E-state index contributed by atoms with van der Waals surface area (Å²) < 4.78 is 82.6. The average Bonchev–Trinajstić information content (AvgIpc) is 4.08. The van der Waals surface area contributed by atoms with E-state index in [4.69, 9.17) is 39.0 Å². The standard InChI is InChI=1S/C29H35F2N5O4S.C24H29F2N5O4S/c1-2-11-41-28-32-21(14-17-12-18(17)16-5-6-19(30)20(31)13-16)24-27(33-28)36(35-34-24)22-15-23(38-10-9-37)26-25(22)39-29(40-26)7-3-4-8-29;1-2-7-36-24-27-17(10-13-8-14(13)12-3-4-15(25)16(26)9-12)20-23(28-24)31(30-29-20)18-11-19(35-6-5-32)22(34)21(18)33/h5-6,13,17-18,22-23,25-26,37H,2-4,7-12,14-15H2,1H3;3-4,9,13-14,18-19,21-22,32-34H,2,5-8,10-11H2,1H3/t17?,18-,22?,23+,25+,26-;13?,14-,18?,19+,21+,22-/m11/s1. The molecule has 2 aromatic carbocycles. The van der Waals surface area contributed by atoms with Crippen LogP contribution in [0.3, 0.4) is 0 Å². The number of rotatable bonds is 20. The van der Waals surface area contributed by atoms with Crippen LogP contribution in [0, 0.1) is 35.1 Å². The Labute approximate surface area is 450 Å². The van der Waals surface area contributed by atoms with Crippen LogP contribution in [0.15, 0.2) is 46.7 Å². The minimum absolute atomic E-state index is 0.0574. The molecule has 77 heavy (non-hydrogen) atoms. The van der Waals surface area contributed by atoms with E-state index in [-0.39, 0.29) is 74.5 Å². The predicted molar refractivity (Wildman–Crippen MR) is 274 cm³/mol. The smallest absolute Gasteiger partial charge is 0.189 e. The van der Waals surface area contributed by atoms with E-state index in [2.05, 4.69) is 39.5 Å². The van der Waals surface area contributed by atoms with Crippen molar-refractivity contribution in [3.63, 3.8) is 0 Å². The molecule has 12 rings (SSSR count). The lowest BCUT2D eigenvalue weighted by atomic mass is 10.1.